The van der Waals surface area contributed by atoms with E-state index in [0.29, 0.717) is 18.0 Å². The SMILES string of the molecule is N#Cc1cc(S(=O)(=O)NCC(F)(F)F)ccc1OC[C@H]1CN(C(=O)O)CC[C@@H]1c1ccc(Cl)cc1. The van der Waals surface area contributed by atoms with Crippen molar-refractivity contribution in [2.24, 2.45) is 5.92 Å². The van der Waals surface area contributed by atoms with E-state index >= 15 is 0 Å². The smallest absolute Gasteiger partial charge is 0.407 e. The van der Waals surface area contributed by atoms with Gasteiger partial charge in [-0.1, -0.05) is 23.7 Å². The van der Waals surface area contributed by atoms with Crippen LogP contribution < -0.4 is 9.46 Å². The Morgan fingerprint density at radius 3 is 2.54 bits per heavy atom. The predicted molar refractivity (Wildman–Crippen MR) is 120 cm³/mol. The number of rotatable bonds is 7. The molecule has 1 fully saturated rings. The molecule has 8 nitrogen and oxygen atoms in total. The second-order valence-electron chi connectivity index (χ2n) is 7.96. The largest absolute Gasteiger partial charge is 0.492 e. The second-order valence-corrected chi connectivity index (χ2v) is 10.2. The first kappa shape index (κ1) is 26.6. The highest BCUT2D eigenvalue weighted by molar-refractivity contribution is 7.89. The summed E-state index contributed by atoms with van der Waals surface area (Å²) >= 11 is 5.97. The van der Waals surface area contributed by atoms with E-state index in [2.05, 4.69) is 0 Å². The fourth-order valence-electron chi connectivity index (χ4n) is 3.87. The molecule has 35 heavy (non-hydrogen) atoms. The number of benzene rings is 2. The Morgan fingerprint density at radius 2 is 1.94 bits per heavy atom. The van der Waals surface area contributed by atoms with Crippen LogP contribution in [0.5, 0.6) is 5.75 Å². The summed E-state index contributed by atoms with van der Waals surface area (Å²) in [6.45, 7) is -1.22. The van der Waals surface area contributed by atoms with Gasteiger partial charge in [0.15, 0.2) is 0 Å². The quantitative estimate of drug-likeness (QED) is 0.552. The molecule has 0 aromatic heterocycles. The zero-order chi connectivity index (χ0) is 25.8. The molecule has 0 unspecified atom stereocenters. The number of alkyl halides is 3. The van der Waals surface area contributed by atoms with E-state index in [9.17, 15) is 36.8 Å². The van der Waals surface area contributed by atoms with Crippen molar-refractivity contribution >= 4 is 27.7 Å². The van der Waals surface area contributed by atoms with Crippen LogP contribution in [0.15, 0.2) is 47.4 Å². The topological polar surface area (TPSA) is 120 Å². The fraction of sp³-hybridized carbons (Fsp3) is 0.364. The molecule has 0 bridgehead atoms. The lowest BCUT2D eigenvalue weighted by molar-refractivity contribution is -0.121. The third-order valence-electron chi connectivity index (χ3n) is 5.60. The lowest BCUT2D eigenvalue weighted by atomic mass is 9.81. The lowest BCUT2D eigenvalue weighted by Gasteiger charge is -2.37. The second kappa shape index (κ2) is 10.7. The van der Waals surface area contributed by atoms with Crippen LogP contribution in [0.25, 0.3) is 0 Å². The van der Waals surface area contributed by atoms with Crippen LogP contribution in [0.4, 0.5) is 18.0 Å². The third-order valence-corrected chi connectivity index (χ3v) is 7.25. The molecule has 13 heteroatoms. The number of halogens is 4. The maximum Gasteiger partial charge on any atom is 0.407 e. The number of likely N-dealkylation sites (tertiary alicyclic amines) is 1. The number of nitrogens with one attached hydrogen (secondary N) is 1. The monoisotopic (exact) mass is 531 g/mol. The Bertz CT molecular complexity index is 1220. The van der Waals surface area contributed by atoms with E-state index in [1.807, 2.05) is 12.1 Å². The van der Waals surface area contributed by atoms with Crippen LogP contribution in [0, 0.1) is 17.2 Å². The first-order chi connectivity index (χ1) is 16.4. The van der Waals surface area contributed by atoms with Gasteiger partial charge in [-0.2, -0.15) is 18.4 Å². The van der Waals surface area contributed by atoms with E-state index < -0.39 is 33.7 Å². The van der Waals surface area contributed by atoms with E-state index in [-0.39, 0.29) is 36.3 Å². The van der Waals surface area contributed by atoms with E-state index in [1.54, 1.807) is 18.2 Å². The Balaban J connectivity index is 1.79. The minimum atomic E-state index is -4.74. The molecule has 2 aromatic rings. The number of piperidine rings is 1. The molecule has 1 amide bonds. The molecule has 2 atom stereocenters. The summed E-state index contributed by atoms with van der Waals surface area (Å²) in [7, 11) is -4.50. The molecular formula is C22H21ClF3N3O5S. The molecule has 188 valence electrons. The van der Waals surface area contributed by atoms with E-state index in [4.69, 9.17) is 16.3 Å². The van der Waals surface area contributed by atoms with Gasteiger partial charge in [-0.05, 0) is 48.2 Å². The maximum atomic E-state index is 12.4. The standard InChI is InChI=1S/C22H21ClF3N3O5S/c23-17-3-1-14(2-4-17)19-7-8-29(21(30)31)11-16(19)12-34-20-6-5-18(9-15(20)10-27)35(32,33)28-13-22(24,25)26/h1-6,9,16,19,28H,7-8,11-13H2,(H,30,31)/t16-,19-/m1/s1. The average molecular weight is 532 g/mol. The molecule has 2 aromatic carbocycles. The molecule has 2 N–H and O–H groups in total. The third kappa shape index (κ3) is 7.00. The van der Waals surface area contributed by atoms with Crippen molar-refractivity contribution in [1.82, 2.24) is 9.62 Å². The number of carbonyl (C=O) groups is 1. The van der Waals surface area contributed by atoms with Crippen LogP contribution in [-0.4, -0.2) is 56.9 Å². The van der Waals surface area contributed by atoms with Gasteiger partial charge in [-0.3, -0.25) is 0 Å². The number of nitriles is 1. The van der Waals surface area contributed by atoms with Gasteiger partial charge in [0.05, 0.1) is 17.1 Å². The molecule has 0 saturated carbocycles. The molecule has 1 heterocycles. The summed E-state index contributed by atoms with van der Waals surface area (Å²) in [5.74, 6) is -0.311. The van der Waals surface area contributed by atoms with Gasteiger partial charge in [0.25, 0.3) is 0 Å². The number of nitrogens with zero attached hydrogens (tertiary/aromatic N) is 2. The molecular weight excluding hydrogens is 511 g/mol. The minimum Gasteiger partial charge on any atom is -0.492 e. The fourth-order valence-corrected chi connectivity index (χ4v) is 5.04. The highest BCUT2D eigenvalue weighted by Crippen LogP contribution is 2.35. The summed E-state index contributed by atoms with van der Waals surface area (Å²) in [6, 6.07) is 12.1. The predicted octanol–water partition coefficient (Wildman–Crippen LogP) is 4.21. The summed E-state index contributed by atoms with van der Waals surface area (Å²) in [5.41, 5.74) is 0.763. The van der Waals surface area contributed by atoms with Crippen LogP contribution in [0.2, 0.25) is 5.02 Å². The van der Waals surface area contributed by atoms with Crippen molar-refractivity contribution in [3.63, 3.8) is 0 Å². The highest BCUT2D eigenvalue weighted by atomic mass is 35.5. The Hall–Kier alpha value is -3.01. The Kier molecular flexibility index (Phi) is 8.15. The summed E-state index contributed by atoms with van der Waals surface area (Å²) < 4.78 is 68.7. The summed E-state index contributed by atoms with van der Waals surface area (Å²) in [6.07, 6.45) is -5.27. The van der Waals surface area contributed by atoms with Gasteiger partial charge in [-0.25, -0.2) is 17.9 Å². The molecule has 1 aliphatic rings. The maximum absolute atomic E-state index is 12.4. The van der Waals surface area contributed by atoms with Gasteiger partial charge < -0.3 is 14.7 Å². The number of hydrogen-bond donors (Lipinski definition) is 2. The van der Waals surface area contributed by atoms with Gasteiger partial charge in [0, 0.05) is 24.0 Å². The van der Waals surface area contributed by atoms with E-state index in [1.165, 1.54) is 15.7 Å². The van der Waals surface area contributed by atoms with Gasteiger partial charge >= 0.3 is 12.3 Å². The van der Waals surface area contributed by atoms with Crippen molar-refractivity contribution in [3.05, 3.63) is 58.6 Å². The zero-order valence-electron chi connectivity index (χ0n) is 18.1. The van der Waals surface area contributed by atoms with Crippen molar-refractivity contribution in [3.8, 4) is 11.8 Å². The van der Waals surface area contributed by atoms with Crippen LogP contribution in [0.1, 0.15) is 23.5 Å². The molecule has 1 aliphatic heterocycles. The highest BCUT2D eigenvalue weighted by Gasteiger charge is 2.33. The average Bonchev–Trinajstić information content (AvgIpc) is 2.81. The van der Waals surface area contributed by atoms with Gasteiger partial charge in [0.1, 0.15) is 18.4 Å². The summed E-state index contributed by atoms with van der Waals surface area (Å²) in [5, 5.41) is 19.4. The van der Waals surface area contributed by atoms with Crippen molar-refractivity contribution in [2.75, 3.05) is 26.2 Å². The van der Waals surface area contributed by atoms with Crippen molar-refractivity contribution in [1.29, 1.82) is 5.26 Å². The molecule has 0 radical (unpaired) electrons. The number of amides is 1. The molecule has 3 rings (SSSR count). The molecule has 0 spiro atoms. The van der Waals surface area contributed by atoms with E-state index in [0.717, 1.165) is 17.7 Å². The normalized spacial score (nSPS) is 18.7. The lowest BCUT2D eigenvalue weighted by Crippen LogP contribution is -2.44. The zero-order valence-corrected chi connectivity index (χ0v) is 19.7. The van der Waals surface area contributed by atoms with Crippen LogP contribution >= 0.6 is 11.6 Å². The first-order valence-electron chi connectivity index (χ1n) is 10.4. The molecule has 1 saturated heterocycles. The minimum absolute atomic E-state index is 0.0180. The summed E-state index contributed by atoms with van der Waals surface area (Å²) in [4.78, 5) is 12.3. The Morgan fingerprint density at radius 1 is 1.26 bits per heavy atom. The number of hydrogen-bond acceptors (Lipinski definition) is 5. The van der Waals surface area contributed by atoms with Crippen molar-refractivity contribution < 1.29 is 36.2 Å². The first-order valence-corrected chi connectivity index (χ1v) is 12.2. The number of sulfonamides is 1. The Labute approximate surface area is 204 Å². The van der Waals surface area contributed by atoms with Crippen molar-refractivity contribution in [2.45, 2.75) is 23.4 Å². The number of ether oxygens (including phenoxy) is 1. The van der Waals surface area contributed by atoms with Crippen LogP contribution in [0.3, 0.4) is 0 Å². The van der Waals surface area contributed by atoms with Gasteiger partial charge in [-0.15, -0.1) is 0 Å². The van der Waals surface area contributed by atoms with Gasteiger partial charge in [0.2, 0.25) is 10.0 Å². The molecule has 0 aliphatic carbocycles. The van der Waals surface area contributed by atoms with Crippen LogP contribution in [-0.2, 0) is 10.0 Å². The number of carboxylic acid groups (broad SMARTS) is 1.